The maximum Gasteiger partial charge on any atom is 0.0372 e. The van der Waals surface area contributed by atoms with Gasteiger partial charge >= 0.3 is 0 Å². The molecule has 0 unspecified atom stereocenters. The summed E-state index contributed by atoms with van der Waals surface area (Å²) in [5.74, 6) is 0.924. The van der Waals surface area contributed by atoms with Gasteiger partial charge in [0.2, 0.25) is 0 Å². The molecule has 1 heteroatoms. The summed E-state index contributed by atoms with van der Waals surface area (Å²) in [5, 5.41) is 0. The smallest absolute Gasteiger partial charge is 0.0372 e. The Morgan fingerprint density at radius 2 is 2.00 bits per heavy atom. The summed E-state index contributed by atoms with van der Waals surface area (Å²) >= 11 is 0. The number of hydrogen-bond acceptors (Lipinski definition) is 1. The normalized spacial score (nSPS) is 18.4. The minimum atomic E-state index is 0.924. The number of nitrogens with zero attached hydrogens (tertiary/aromatic N) is 1. The minimum absolute atomic E-state index is 0.924. The maximum absolute atomic E-state index is 4.34. The SMILES string of the molecule is Cc1ccc(CC2CCCCC2)cn1. The van der Waals surface area contributed by atoms with Crippen LogP contribution in [0.15, 0.2) is 18.3 Å². The molecule has 0 aliphatic heterocycles. The zero-order valence-electron chi connectivity index (χ0n) is 9.00. The molecule has 1 aromatic heterocycles. The van der Waals surface area contributed by atoms with E-state index < -0.39 is 0 Å². The van der Waals surface area contributed by atoms with Gasteiger partial charge in [0.1, 0.15) is 0 Å². The summed E-state index contributed by atoms with van der Waals surface area (Å²) in [4.78, 5) is 4.34. The van der Waals surface area contributed by atoms with E-state index in [1.54, 1.807) is 0 Å². The van der Waals surface area contributed by atoms with Gasteiger partial charge in [-0.25, -0.2) is 0 Å². The molecule has 0 radical (unpaired) electrons. The van der Waals surface area contributed by atoms with Crippen LogP contribution in [0.25, 0.3) is 0 Å². The van der Waals surface area contributed by atoms with E-state index in [4.69, 9.17) is 0 Å². The summed E-state index contributed by atoms with van der Waals surface area (Å²) in [6, 6.07) is 4.36. The quantitative estimate of drug-likeness (QED) is 0.693. The molecular weight excluding hydrogens is 170 g/mol. The van der Waals surface area contributed by atoms with Gasteiger partial charge in [-0.3, -0.25) is 4.98 Å². The Morgan fingerprint density at radius 1 is 1.21 bits per heavy atom. The van der Waals surface area contributed by atoms with Crippen molar-refractivity contribution < 1.29 is 0 Å². The van der Waals surface area contributed by atoms with Crippen LogP contribution in [0.2, 0.25) is 0 Å². The summed E-state index contributed by atoms with van der Waals surface area (Å²) in [5.41, 5.74) is 2.54. The van der Waals surface area contributed by atoms with Crippen LogP contribution in [0, 0.1) is 12.8 Å². The third-order valence-electron chi connectivity index (χ3n) is 3.22. The highest BCUT2D eigenvalue weighted by atomic mass is 14.7. The van der Waals surface area contributed by atoms with Crippen molar-refractivity contribution in [1.29, 1.82) is 0 Å². The Bertz CT molecular complexity index is 270. The Kier molecular flexibility index (Phi) is 3.18. The summed E-state index contributed by atoms with van der Waals surface area (Å²) < 4.78 is 0. The van der Waals surface area contributed by atoms with E-state index in [2.05, 4.69) is 17.1 Å². The van der Waals surface area contributed by atoms with Gasteiger partial charge in [0.15, 0.2) is 0 Å². The van der Waals surface area contributed by atoms with Gasteiger partial charge in [0.05, 0.1) is 0 Å². The third kappa shape index (κ3) is 2.57. The molecule has 1 fully saturated rings. The molecule has 0 atom stereocenters. The van der Waals surface area contributed by atoms with E-state index in [1.807, 2.05) is 13.1 Å². The van der Waals surface area contributed by atoms with Crippen LogP contribution in [0.3, 0.4) is 0 Å². The van der Waals surface area contributed by atoms with Gasteiger partial charge in [0.25, 0.3) is 0 Å². The molecular formula is C13H19N. The highest BCUT2D eigenvalue weighted by Gasteiger charge is 2.13. The van der Waals surface area contributed by atoms with E-state index in [9.17, 15) is 0 Å². The second kappa shape index (κ2) is 4.59. The van der Waals surface area contributed by atoms with Crippen molar-refractivity contribution in [3.05, 3.63) is 29.6 Å². The number of rotatable bonds is 2. The summed E-state index contributed by atoms with van der Waals surface area (Å²) in [6.45, 7) is 2.05. The average molecular weight is 189 g/mol. The molecule has 0 N–H and O–H groups in total. The molecule has 1 aromatic rings. The number of aromatic nitrogens is 1. The van der Waals surface area contributed by atoms with Gasteiger partial charge in [0, 0.05) is 11.9 Å². The first-order chi connectivity index (χ1) is 6.84. The van der Waals surface area contributed by atoms with Crippen molar-refractivity contribution in [2.24, 2.45) is 5.92 Å². The standard InChI is InChI=1S/C13H19N/c1-11-7-8-13(10-14-11)9-12-5-3-2-4-6-12/h7-8,10,12H,2-6,9H2,1H3. The molecule has 0 spiro atoms. The van der Waals surface area contributed by atoms with E-state index >= 15 is 0 Å². The van der Waals surface area contributed by atoms with Crippen LogP contribution >= 0.6 is 0 Å². The van der Waals surface area contributed by atoms with Crippen LogP contribution in [-0.2, 0) is 6.42 Å². The number of hydrogen-bond donors (Lipinski definition) is 0. The molecule has 0 amide bonds. The predicted octanol–water partition coefficient (Wildman–Crippen LogP) is 3.51. The lowest BCUT2D eigenvalue weighted by atomic mass is 9.85. The maximum atomic E-state index is 4.34. The van der Waals surface area contributed by atoms with Gasteiger partial charge in [-0.2, -0.15) is 0 Å². The molecule has 1 nitrogen and oxygen atoms in total. The largest absolute Gasteiger partial charge is 0.261 e. The van der Waals surface area contributed by atoms with Crippen LogP contribution in [0.5, 0.6) is 0 Å². The molecule has 1 aliphatic rings. The molecule has 0 aromatic carbocycles. The van der Waals surface area contributed by atoms with Crippen LogP contribution in [-0.4, -0.2) is 4.98 Å². The van der Waals surface area contributed by atoms with Crippen molar-refractivity contribution in [1.82, 2.24) is 4.98 Å². The summed E-state index contributed by atoms with van der Waals surface area (Å²) in [7, 11) is 0. The zero-order valence-corrected chi connectivity index (χ0v) is 9.00. The predicted molar refractivity (Wildman–Crippen MR) is 59.3 cm³/mol. The molecule has 76 valence electrons. The fourth-order valence-electron chi connectivity index (χ4n) is 2.34. The first-order valence-electron chi connectivity index (χ1n) is 5.76. The van der Waals surface area contributed by atoms with Crippen molar-refractivity contribution >= 4 is 0 Å². The topological polar surface area (TPSA) is 12.9 Å². The lowest BCUT2D eigenvalue weighted by molar-refractivity contribution is 0.356. The average Bonchev–Trinajstić information content (AvgIpc) is 2.23. The molecule has 1 saturated carbocycles. The summed E-state index contributed by atoms with van der Waals surface area (Å²) in [6.07, 6.45) is 10.5. The van der Waals surface area contributed by atoms with Crippen molar-refractivity contribution in [3.8, 4) is 0 Å². The molecule has 0 bridgehead atoms. The second-order valence-electron chi connectivity index (χ2n) is 4.52. The van der Waals surface area contributed by atoms with Gasteiger partial charge < -0.3 is 0 Å². The van der Waals surface area contributed by atoms with Crippen molar-refractivity contribution in [2.45, 2.75) is 45.4 Å². The van der Waals surface area contributed by atoms with E-state index in [1.165, 1.54) is 44.1 Å². The van der Waals surface area contributed by atoms with Gasteiger partial charge in [-0.1, -0.05) is 38.2 Å². The van der Waals surface area contributed by atoms with Crippen LogP contribution < -0.4 is 0 Å². The fourth-order valence-corrected chi connectivity index (χ4v) is 2.34. The van der Waals surface area contributed by atoms with E-state index in [-0.39, 0.29) is 0 Å². The first kappa shape index (κ1) is 9.70. The highest BCUT2D eigenvalue weighted by Crippen LogP contribution is 2.26. The highest BCUT2D eigenvalue weighted by molar-refractivity contribution is 5.13. The number of pyridine rings is 1. The third-order valence-corrected chi connectivity index (χ3v) is 3.22. The second-order valence-corrected chi connectivity index (χ2v) is 4.52. The minimum Gasteiger partial charge on any atom is -0.261 e. The van der Waals surface area contributed by atoms with Crippen LogP contribution in [0.4, 0.5) is 0 Å². The molecule has 1 aliphatic carbocycles. The monoisotopic (exact) mass is 189 g/mol. The lowest BCUT2D eigenvalue weighted by Crippen LogP contribution is -2.09. The van der Waals surface area contributed by atoms with Crippen LogP contribution in [0.1, 0.15) is 43.4 Å². The van der Waals surface area contributed by atoms with Gasteiger partial charge in [-0.05, 0) is 30.9 Å². The Balaban J connectivity index is 1.92. The number of aryl methyl sites for hydroxylation is 1. The Hall–Kier alpha value is -0.850. The fraction of sp³-hybridized carbons (Fsp3) is 0.615. The van der Waals surface area contributed by atoms with Crippen molar-refractivity contribution in [2.75, 3.05) is 0 Å². The molecule has 1 heterocycles. The Morgan fingerprint density at radius 3 is 2.64 bits per heavy atom. The molecule has 0 saturated heterocycles. The first-order valence-corrected chi connectivity index (χ1v) is 5.76. The molecule has 14 heavy (non-hydrogen) atoms. The zero-order chi connectivity index (χ0) is 9.80. The van der Waals surface area contributed by atoms with Crippen molar-refractivity contribution in [3.63, 3.8) is 0 Å². The lowest BCUT2D eigenvalue weighted by Gasteiger charge is -2.21. The van der Waals surface area contributed by atoms with E-state index in [0.717, 1.165) is 11.6 Å². The molecule has 2 rings (SSSR count). The van der Waals surface area contributed by atoms with Gasteiger partial charge in [-0.15, -0.1) is 0 Å². The van der Waals surface area contributed by atoms with E-state index in [0.29, 0.717) is 0 Å². The Labute approximate surface area is 86.6 Å².